The Kier molecular flexibility index (Phi) is 4.25. The molecule has 3 aliphatic rings. The van der Waals surface area contributed by atoms with Crippen molar-refractivity contribution < 1.29 is 0 Å². The molecule has 0 aromatic carbocycles. The number of hydrogen-bond acceptors (Lipinski definition) is 0. The highest BCUT2D eigenvalue weighted by Gasteiger charge is 2.30. The molecule has 2 unspecified atom stereocenters. The van der Waals surface area contributed by atoms with Gasteiger partial charge in [-0.2, -0.15) is 0 Å². The van der Waals surface area contributed by atoms with E-state index >= 15 is 0 Å². The van der Waals surface area contributed by atoms with Gasteiger partial charge in [-0.15, -0.1) is 0 Å². The lowest BCUT2D eigenvalue weighted by Crippen LogP contribution is -2.25. The van der Waals surface area contributed by atoms with E-state index in [1.54, 1.807) is 5.57 Å². The maximum atomic E-state index is 4.24. The second-order valence-corrected chi connectivity index (χ2v) is 6.79. The smallest absolute Gasteiger partial charge is 0.0172 e. The lowest BCUT2D eigenvalue weighted by molar-refractivity contribution is 0.223. The van der Waals surface area contributed by atoms with Gasteiger partial charge in [-0.3, -0.25) is 0 Å². The van der Waals surface area contributed by atoms with Crippen LogP contribution in [-0.2, 0) is 0 Å². The van der Waals surface area contributed by atoms with Crippen LogP contribution < -0.4 is 0 Å². The number of rotatable bonds is 1. The van der Waals surface area contributed by atoms with Crippen molar-refractivity contribution in [2.45, 2.75) is 70.6 Å². The van der Waals surface area contributed by atoms with Gasteiger partial charge in [-0.25, -0.2) is 0 Å². The standard InChI is InChI=1S/C19H28/c1-15-7-2-3-8-16(15)13-14-18-11-6-10-17-9-4-5-12-19(17)18/h13-14,17,19H,1-12H2. The molecule has 0 amide bonds. The second-order valence-electron chi connectivity index (χ2n) is 6.79. The molecule has 0 heterocycles. The van der Waals surface area contributed by atoms with Gasteiger partial charge in [-0.1, -0.05) is 42.7 Å². The van der Waals surface area contributed by atoms with Crippen molar-refractivity contribution in [2.24, 2.45) is 11.8 Å². The summed E-state index contributed by atoms with van der Waals surface area (Å²) >= 11 is 0. The van der Waals surface area contributed by atoms with Gasteiger partial charge < -0.3 is 0 Å². The molecule has 0 heteroatoms. The lowest BCUT2D eigenvalue weighted by Gasteiger charge is -2.37. The first-order valence-electron chi connectivity index (χ1n) is 8.42. The van der Waals surface area contributed by atoms with Crippen LogP contribution in [0.15, 0.2) is 35.5 Å². The highest BCUT2D eigenvalue weighted by molar-refractivity contribution is 5.34. The molecule has 0 spiro atoms. The summed E-state index contributed by atoms with van der Waals surface area (Å²) < 4.78 is 0. The van der Waals surface area contributed by atoms with Crippen molar-refractivity contribution in [1.82, 2.24) is 0 Å². The zero-order valence-corrected chi connectivity index (χ0v) is 12.3. The second kappa shape index (κ2) is 6.11. The highest BCUT2D eigenvalue weighted by Crippen LogP contribution is 2.43. The van der Waals surface area contributed by atoms with E-state index in [1.165, 1.54) is 81.8 Å². The Balaban J connectivity index is 1.74. The first kappa shape index (κ1) is 13.2. The van der Waals surface area contributed by atoms with Crippen molar-refractivity contribution in [3.05, 3.63) is 35.5 Å². The van der Waals surface area contributed by atoms with Gasteiger partial charge in [0.15, 0.2) is 0 Å². The summed E-state index contributed by atoms with van der Waals surface area (Å²) in [5, 5.41) is 0. The molecule has 0 radical (unpaired) electrons. The largest absolute Gasteiger partial charge is 0.0956 e. The molecule has 3 aliphatic carbocycles. The number of hydrogen-bond donors (Lipinski definition) is 0. The molecule has 2 atom stereocenters. The van der Waals surface area contributed by atoms with Gasteiger partial charge >= 0.3 is 0 Å². The Labute approximate surface area is 118 Å². The summed E-state index contributed by atoms with van der Waals surface area (Å²) in [6.07, 6.45) is 20.3. The summed E-state index contributed by atoms with van der Waals surface area (Å²) in [5.74, 6) is 1.94. The van der Waals surface area contributed by atoms with Crippen LogP contribution in [0.2, 0.25) is 0 Å². The van der Waals surface area contributed by atoms with Gasteiger partial charge in [0, 0.05) is 0 Å². The predicted molar refractivity (Wildman–Crippen MR) is 83.1 cm³/mol. The Morgan fingerprint density at radius 2 is 1.58 bits per heavy atom. The van der Waals surface area contributed by atoms with E-state index in [0.29, 0.717) is 0 Å². The first-order valence-corrected chi connectivity index (χ1v) is 8.42. The SMILES string of the molecule is C=C1CCCCC1=CC=C1CCCC2CCCCC12. The van der Waals surface area contributed by atoms with Gasteiger partial charge in [0.2, 0.25) is 0 Å². The van der Waals surface area contributed by atoms with Gasteiger partial charge in [0.1, 0.15) is 0 Å². The van der Waals surface area contributed by atoms with E-state index in [0.717, 1.165) is 11.8 Å². The van der Waals surface area contributed by atoms with Gasteiger partial charge in [0.05, 0.1) is 0 Å². The van der Waals surface area contributed by atoms with E-state index in [4.69, 9.17) is 0 Å². The Morgan fingerprint density at radius 3 is 2.47 bits per heavy atom. The number of allylic oxidation sites excluding steroid dienone is 5. The summed E-state index contributed by atoms with van der Waals surface area (Å²) in [7, 11) is 0. The van der Waals surface area contributed by atoms with Crippen molar-refractivity contribution in [1.29, 1.82) is 0 Å². The Bertz CT molecular complexity index is 394. The zero-order chi connectivity index (χ0) is 13.1. The molecule has 104 valence electrons. The van der Waals surface area contributed by atoms with Crippen LogP contribution in [0, 0.1) is 11.8 Å². The molecule has 0 aliphatic heterocycles. The molecule has 0 nitrogen and oxygen atoms in total. The molecule has 0 saturated heterocycles. The molecule has 19 heavy (non-hydrogen) atoms. The van der Waals surface area contributed by atoms with Crippen LogP contribution in [-0.4, -0.2) is 0 Å². The van der Waals surface area contributed by atoms with Crippen molar-refractivity contribution >= 4 is 0 Å². The number of fused-ring (bicyclic) bond motifs is 1. The van der Waals surface area contributed by atoms with E-state index in [2.05, 4.69) is 18.7 Å². The molecule has 3 fully saturated rings. The van der Waals surface area contributed by atoms with Crippen molar-refractivity contribution in [2.75, 3.05) is 0 Å². The highest BCUT2D eigenvalue weighted by atomic mass is 14.4. The minimum atomic E-state index is 0.927. The van der Waals surface area contributed by atoms with E-state index in [1.807, 2.05) is 0 Å². The van der Waals surface area contributed by atoms with Crippen LogP contribution in [0.25, 0.3) is 0 Å². The molecule has 0 N–H and O–H groups in total. The van der Waals surface area contributed by atoms with Crippen LogP contribution >= 0.6 is 0 Å². The third-order valence-corrected chi connectivity index (χ3v) is 5.55. The fraction of sp³-hybridized carbons (Fsp3) is 0.684. The summed E-state index contributed by atoms with van der Waals surface area (Å²) in [6.45, 7) is 4.24. The average Bonchev–Trinajstić information content (AvgIpc) is 2.46. The quantitative estimate of drug-likeness (QED) is 0.543. The zero-order valence-electron chi connectivity index (χ0n) is 12.3. The third-order valence-electron chi connectivity index (χ3n) is 5.55. The predicted octanol–water partition coefficient (Wildman–Crippen LogP) is 5.96. The minimum absolute atomic E-state index is 0.927. The molecule has 3 rings (SSSR count). The average molecular weight is 256 g/mol. The van der Waals surface area contributed by atoms with E-state index < -0.39 is 0 Å². The minimum Gasteiger partial charge on any atom is -0.0956 e. The maximum absolute atomic E-state index is 4.24. The lowest BCUT2D eigenvalue weighted by atomic mass is 9.68. The van der Waals surface area contributed by atoms with Crippen LogP contribution in [0.4, 0.5) is 0 Å². The summed E-state index contributed by atoms with van der Waals surface area (Å²) in [5.41, 5.74) is 4.71. The van der Waals surface area contributed by atoms with Crippen LogP contribution in [0.1, 0.15) is 70.6 Å². The topological polar surface area (TPSA) is 0 Å². The molecular formula is C19H28. The van der Waals surface area contributed by atoms with E-state index in [-0.39, 0.29) is 0 Å². The molecule has 0 bridgehead atoms. The molecular weight excluding hydrogens is 228 g/mol. The summed E-state index contributed by atoms with van der Waals surface area (Å²) in [4.78, 5) is 0. The Morgan fingerprint density at radius 1 is 0.789 bits per heavy atom. The first-order chi connectivity index (χ1) is 9.34. The maximum Gasteiger partial charge on any atom is -0.0172 e. The van der Waals surface area contributed by atoms with Crippen molar-refractivity contribution in [3.8, 4) is 0 Å². The van der Waals surface area contributed by atoms with Gasteiger partial charge in [0.25, 0.3) is 0 Å². The fourth-order valence-corrected chi connectivity index (χ4v) is 4.40. The van der Waals surface area contributed by atoms with Crippen LogP contribution in [0.5, 0.6) is 0 Å². The van der Waals surface area contributed by atoms with E-state index in [9.17, 15) is 0 Å². The normalized spacial score (nSPS) is 36.5. The molecule has 0 aromatic heterocycles. The molecule has 0 aromatic rings. The summed E-state index contributed by atoms with van der Waals surface area (Å²) in [6, 6.07) is 0. The third kappa shape index (κ3) is 3.04. The fourth-order valence-electron chi connectivity index (χ4n) is 4.40. The Hall–Kier alpha value is -0.780. The van der Waals surface area contributed by atoms with Crippen molar-refractivity contribution in [3.63, 3.8) is 0 Å². The monoisotopic (exact) mass is 256 g/mol. The molecule has 3 saturated carbocycles. The van der Waals surface area contributed by atoms with Gasteiger partial charge in [-0.05, 0) is 75.2 Å². The van der Waals surface area contributed by atoms with Crippen LogP contribution in [0.3, 0.4) is 0 Å².